The van der Waals surface area contributed by atoms with Crippen molar-refractivity contribution in [3.8, 4) is 0 Å². The zero-order chi connectivity index (χ0) is 39.7. The van der Waals surface area contributed by atoms with Crippen molar-refractivity contribution in [2.75, 3.05) is 13.1 Å². The number of nitrogens with one attached hydrogen (secondary N) is 4. The van der Waals surface area contributed by atoms with Crippen LogP contribution in [0.3, 0.4) is 0 Å². The summed E-state index contributed by atoms with van der Waals surface area (Å²) in [5.41, 5.74) is -1.95. The predicted octanol–water partition coefficient (Wildman–Crippen LogP) is 3.85. The summed E-state index contributed by atoms with van der Waals surface area (Å²) in [5.74, 6) is -2.81. The maximum absolute atomic E-state index is 15.0. The van der Waals surface area contributed by atoms with Gasteiger partial charge in [-0.25, -0.2) is 0 Å². The van der Waals surface area contributed by atoms with Crippen molar-refractivity contribution >= 4 is 35.3 Å². The highest BCUT2D eigenvalue weighted by molar-refractivity contribution is 6.38. The summed E-state index contributed by atoms with van der Waals surface area (Å²) in [6, 6.07) is -4.12. The fourth-order valence-electron chi connectivity index (χ4n) is 9.95. The smallest absolute Gasteiger partial charge is 0.289 e. The molecule has 3 aliphatic carbocycles. The summed E-state index contributed by atoms with van der Waals surface area (Å²) >= 11 is 0. The minimum absolute atomic E-state index is 0.00938. The highest BCUT2D eigenvalue weighted by Crippen LogP contribution is 2.88. The predicted molar refractivity (Wildman–Crippen MR) is 203 cm³/mol. The molecule has 2 spiro atoms. The Balaban J connectivity index is 1.40. The average Bonchev–Trinajstić information content (AvgIpc) is 3.80. The molecule has 3 saturated carbocycles. The number of carbonyl (C=O) groups excluding carboxylic acids is 6. The second kappa shape index (κ2) is 13.9. The van der Waals surface area contributed by atoms with Gasteiger partial charge < -0.3 is 26.2 Å². The Morgan fingerprint density at radius 1 is 0.755 bits per heavy atom. The maximum atomic E-state index is 15.0. The number of hydrogen-bond acceptors (Lipinski definition) is 7. The number of ketones is 1. The van der Waals surface area contributed by atoms with Crippen molar-refractivity contribution in [1.29, 1.82) is 0 Å². The molecule has 2 aliphatic heterocycles. The van der Waals surface area contributed by atoms with Gasteiger partial charge in [-0.2, -0.15) is 0 Å². The summed E-state index contributed by atoms with van der Waals surface area (Å²) in [6.07, 6.45) is 6.91. The van der Waals surface area contributed by atoms with Crippen LogP contribution in [0.1, 0.15) is 141 Å². The summed E-state index contributed by atoms with van der Waals surface area (Å²) in [6.45, 7) is 25.1. The molecule has 53 heavy (non-hydrogen) atoms. The molecule has 4 N–H and O–H groups in total. The molecule has 2 saturated heterocycles. The van der Waals surface area contributed by atoms with E-state index in [-0.39, 0.29) is 45.7 Å². The van der Waals surface area contributed by atoms with Gasteiger partial charge in [0.15, 0.2) is 0 Å². The number of amides is 5. The Morgan fingerprint density at radius 3 is 1.77 bits per heavy atom. The van der Waals surface area contributed by atoms with E-state index >= 15 is 0 Å². The zero-order valence-electron chi connectivity index (χ0n) is 34.6. The molecule has 0 bridgehead atoms. The van der Waals surface area contributed by atoms with Crippen molar-refractivity contribution in [2.24, 2.45) is 27.1 Å². The van der Waals surface area contributed by atoms with Crippen molar-refractivity contribution in [1.82, 2.24) is 31.1 Å². The first kappa shape index (κ1) is 41.1. The number of hydrogen-bond donors (Lipinski definition) is 4. The van der Waals surface area contributed by atoms with E-state index in [2.05, 4.69) is 60.8 Å². The third kappa shape index (κ3) is 7.39. The van der Waals surface area contributed by atoms with Crippen LogP contribution in [0.5, 0.6) is 0 Å². The second-order valence-electron chi connectivity index (χ2n) is 20.6. The fourth-order valence-corrected chi connectivity index (χ4v) is 9.95. The zero-order valence-corrected chi connectivity index (χ0v) is 34.6. The Hall–Kier alpha value is -3.02. The Morgan fingerprint density at radius 2 is 1.34 bits per heavy atom. The largest absolute Gasteiger partial charge is 0.347 e. The first-order valence-electron chi connectivity index (χ1n) is 20.2. The molecule has 6 atom stereocenters. The lowest BCUT2D eigenvalue weighted by Gasteiger charge is -2.49. The Bertz CT molecular complexity index is 1490. The van der Waals surface area contributed by atoms with Gasteiger partial charge >= 0.3 is 0 Å². The molecule has 0 radical (unpaired) electrons. The molecule has 2 heterocycles. The van der Waals surface area contributed by atoms with Gasteiger partial charge in [0, 0.05) is 30.1 Å². The van der Waals surface area contributed by atoms with E-state index < -0.39 is 58.5 Å². The van der Waals surface area contributed by atoms with Crippen molar-refractivity contribution in [2.45, 2.75) is 183 Å². The second-order valence-corrected chi connectivity index (χ2v) is 20.6. The first-order valence-corrected chi connectivity index (χ1v) is 20.2. The third-order valence-corrected chi connectivity index (χ3v) is 13.7. The highest BCUT2D eigenvalue weighted by atomic mass is 16.2. The van der Waals surface area contributed by atoms with Gasteiger partial charge in [0.2, 0.25) is 29.4 Å². The topological polar surface area (TPSA) is 157 Å². The van der Waals surface area contributed by atoms with Gasteiger partial charge in [0.25, 0.3) is 5.91 Å². The number of likely N-dealkylation sites (tertiary alicyclic amines) is 2. The molecular weight excluding hydrogens is 672 g/mol. The summed E-state index contributed by atoms with van der Waals surface area (Å²) in [7, 11) is 0. The van der Waals surface area contributed by atoms with Gasteiger partial charge in [-0.1, -0.05) is 75.2 Å². The van der Waals surface area contributed by atoms with E-state index in [0.717, 1.165) is 38.6 Å². The minimum atomic E-state index is -1.01. The molecule has 1 unspecified atom stereocenters. The standard InChI is InChI=1S/C41H68N6O6/c1-13-15-25(28(48)33(51)42-24-16-17-24)43-32(50)27-22-41(39(11,12)40(41)19-14-20-40)23-46(27)35(53)30(37(5,6)7)45-34(52)29(36(2,3)4)44-31(49)26-18-21-47(26)38(8,9)10/h24-27,29-30H,13-23H2,1-12H3,(H,42,51)(H,43,50)(H,44,49)(H,45,52)/t25-,26?,27-,29+,30+,41+/m0/s1. The molecule has 5 rings (SSSR count). The third-order valence-electron chi connectivity index (χ3n) is 13.7. The molecule has 12 nitrogen and oxygen atoms in total. The number of rotatable bonds is 12. The van der Waals surface area contributed by atoms with E-state index in [9.17, 15) is 28.8 Å². The molecule has 0 aromatic heterocycles. The quantitative estimate of drug-likeness (QED) is 0.222. The molecule has 5 amide bonds. The fraction of sp³-hybridized carbons (Fsp3) is 0.854. The molecule has 5 fully saturated rings. The van der Waals surface area contributed by atoms with Gasteiger partial charge in [-0.3, -0.25) is 33.7 Å². The normalized spacial score (nSPS) is 27.9. The maximum Gasteiger partial charge on any atom is 0.289 e. The lowest BCUT2D eigenvalue weighted by atomic mass is 9.73. The van der Waals surface area contributed by atoms with Gasteiger partial charge in [-0.05, 0) is 87.4 Å². The lowest BCUT2D eigenvalue weighted by Crippen LogP contribution is -2.66. The SMILES string of the molecule is CCC[C@H](NC(=O)[C@@H]1C[C@@]2(CN1C(=O)[C@@H](NC(=O)[C@@H](NC(=O)C1CCN1C(C)(C)C)C(C)(C)C)C(C)(C)C)C(C)(C)C21CCC1)C(=O)C(=O)NC1CC1. The molecular formula is C41H68N6O6. The van der Waals surface area contributed by atoms with Crippen LogP contribution in [0.2, 0.25) is 0 Å². The molecule has 0 aromatic carbocycles. The van der Waals surface area contributed by atoms with Crippen LogP contribution in [-0.2, 0) is 28.8 Å². The molecule has 12 heteroatoms. The minimum Gasteiger partial charge on any atom is -0.347 e. The van der Waals surface area contributed by atoms with Crippen molar-refractivity contribution in [3.05, 3.63) is 0 Å². The molecule has 5 aliphatic rings. The van der Waals surface area contributed by atoms with Gasteiger partial charge in [0.05, 0.1) is 12.1 Å². The highest BCUT2D eigenvalue weighted by Gasteiger charge is 2.85. The average molecular weight is 741 g/mol. The van der Waals surface area contributed by atoms with E-state index in [0.29, 0.717) is 32.2 Å². The van der Waals surface area contributed by atoms with Crippen molar-refractivity contribution < 1.29 is 28.8 Å². The van der Waals surface area contributed by atoms with E-state index in [1.165, 1.54) is 0 Å². The number of carbonyl (C=O) groups is 6. The Labute approximate surface area is 317 Å². The van der Waals surface area contributed by atoms with Crippen LogP contribution >= 0.6 is 0 Å². The number of Topliss-reactive ketones (excluding diaryl/α,β-unsaturated/α-hetero) is 1. The van der Waals surface area contributed by atoms with Crippen LogP contribution in [0, 0.1) is 27.1 Å². The lowest BCUT2D eigenvalue weighted by molar-refractivity contribution is -0.146. The van der Waals surface area contributed by atoms with E-state index in [1.54, 1.807) is 4.90 Å². The van der Waals surface area contributed by atoms with E-state index in [4.69, 9.17) is 0 Å². The molecule has 0 aromatic rings. The van der Waals surface area contributed by atoms with Crippen LogP contribution in [-0.4, -0.2) is 100.0 Å². The molecule has 298 valence electrons. The van der Waals surface area contributed by atoms with Crippen LogP contribution in [0.25, 0.3) is 0 Å². The van der Waals surface area contributed by atoms with Crippen molar-refractivity contribution in [3.63, 3.8) is 0 Å². The van der Waals surface area contributed by atoms with Crippen LogP contribution in [0.15, 0.2) is 0 Å². The summed E-state index contributed by atoms with van der Waals surface area (Å²) in [5, 5.41) is 11.8. The van der Waals surface area contributed by atoms with Crippen LogP contribution in [0.4, 0.5) is 0 Å². The van der Waals surface area contributed by atoms with E-state index in [1.807, 2.05) is 48.5 Å². The number of fused-ring (bicyclic) bond motifs is 1. The van der Waals surface area contributed by atoms with Gasteiger partial charge in [0.1, 0.15) is 18.1 Å². The van der Waals surface area contributed by atoms with Gasteiger partial charge in [-0.15, -0.1) is 0 Å². The summed E-state index contributed by atoms with van der Waals surface area (Å²) < 4.78 is 0. The first-order chi connectivity index (χ1) is 24.3. The monoisotopic (exact) mass is 741 g/mol. The Kier molecular flexibility index (Phi) is 10.8. The number of nitrogens with zero attached hydrogens (tertiary/aromatic N) is 2. The van der Waals surface area contributed by atoms with Crippen LogP contribution < -0.4 is 21.3 Å². The summed E-state index contributed by atoms with van der Waals surface area (Å²) in [4.78, 5) is 87.1.